The number of fused-ring (bicyclic) bond motifs is 1. The van der Waals surface area contributed by atoms with Crippen molar-refractivity contribution in [2.45, 2.75) is 0 Å². The Hall–Kier alpha value is -1.80. The first-order chi connectivity index (χ1) is 7.83. The summed E-state index contributed by atoms with van der Waals surface area (Å²) < 4.78 is 5.17. The lowest BCUT2D eigenvalue weighted by atomic mass is 10.1. The van der Waals surface area contributed by atoms with Crippen molar-refractivity contribution in [2.75, 3.05) is 13.7 Å². The minimum absolute atomic E-state index is 0.0701. The average molecular weight is 214 g/mol. The second-order valence-electron chi connectivity index (χ2n) is 3.56. The van der Waals surface area contributed by atoms with Crippen molar-refractivity contribution in [1.29, 1.82) is 0 Å². The van der Waals surface area contributed by atoms with Crippen LogP contribution in [0.25, 0.3) is 16.8 Å². The first kappa shape index (κ1) is 10.7. The summed E-state index contributed by atoms with van der Waals surface area (Å²) in [5.74, 6) is 0.867. The van der Waals surface area contributed by atoms with E-state index in [1.807, 2.05) is 30.3 Å². The van der Waals surface area contributed by atoms with Gasteiger partial charge in [-0.3, -0.25) is 0 Å². The smallest absolute Gasteiger partial charge is 0.119 e. The van der Waals surface area contributed by atoms with E-state index >= 15 is 0 Å². The van der Waals surface area contributed by atoms with Crippen LogP contribution in [0, 0.1) is 0 Å². The Morgan fingerprint density at radius 1 is 1.12 bits per heavy atom. The molecule has 2 rings (SSSR count). The van der Waals surface area contributed by atoms with Crippen molar-refractivity contribution in [2.24, 2.45) is 0 Å². The minimum Gasteiger partial charge on any atom is -0.497 e. The average Bonchev–Trinajstić information content (AvgIpc) is 2.35. The predicted molar refractivity (Wildman–Crippen MR) is 66.6 cm³/mol. The topological polar surface area (TPSA) is 29.5 Å². The standard InChI is InChI=1S/C14H14O2/c1-16-14-7-6-12-9-11(3-2-8-15)4-5-13(12)10-14/h2-7,9-10,15H,8H2,1H3/b3-2+. The van der Waals surface area contributed by atoms with Gasteiger partial charge in [0.05, 0.1) is 13.7 Å². The molecule has 1 N–H and O–H groups in total. The summed E-state index contributed by atoms with van der Waals surface area (Å²) in [7, 11) is 1.67. The maximum atomic E-state index is 8.71. The van der Waals surface area contributed by atoms with E-state index < -0.39 is 0 Å². The quantitative estimate of drug-likeness (QED) is 0.851. The summed E-state index contributed by atoms with van der Waals surface area (Å²) in [5.41, 5.74) is 1.09. The van der Waals surface area contributed by atoms with Crippen molar-refractivity contribution in [3.05, 3.63) is 48.0 Å². The second kappa shape index (κ2) is 4.81. The van der Waals surface area contributed by atoms with Crippen LogP contribution in [0.1, 0.15) is 5.56 Å². The molecule has 0 bridgehead atoms. The minimum atomic E-state index is 0.0701. The molecule has 0 amide bonds. The zero-order valence-electron chi connectivity index (χ0n) is 9.18. The van der Waals surface area contributed by atoms with Gasteiger partial charge in [-0.2, -0.15) is 0 Å². The highest BCUT2D eigenvalue weighted by Gasteiger charge is 1.96. The third-order valence-electron chi connectivity index (χ3n) is 2.49. The third-order valence-corrected chi connectivity index (χ3v) is 2.49. The van der Waals surface area contributed by atoms with E-state index in [-0.39, 0.29) is 6.61 Å². The van der Waals surface area contributed by atoms with Crippen LogP contribution in [-0.2, 0) is 0 Å². The van der Waals surface area contributed by atoms with Crippen LogP contribution in [0.15, 0.2) is 42.5 Å². The molecule has 16 heavy (non-hydrogen) atoms. The molecule has 0 atom stereocenters. The fourth-order valence-electron chi connectivity index (χ4n) is 1.66. The molecule has 0 aliphatic heterocycles. The van der Waals surface area contributed by atoms with Gasteiger partial charge in [0.1, 0.15) is 5.75 Å². The maximum absolute atomic E-state index is 8.71. The van der Waals surface area contributed by atoms with Crippen molar-refractivity contribution in [1.82, 2.24) is 0 Å². The van der Waals surface area contributed by atoms with Crippen molar-refractivity contribution < 1.29 is 9.84 Å². The van der Waals surface area contributed by atoms with Crippen molar-refractivity contribution in [3.63, 3.8) is 0 Å². The maximum Gasteiger partial charge on any atom is 0.119 e. The van der Waals surface area contributed by atoms with E-state index in [1.165, 1.54) is 5.39 Å². The Balaban J connectivity index is 2.43. The molecule has 2 aromatic rings. The lowest BCUT2D eigenvalue weighted by Crippen LogP contribution is -1.82. The van der Waals surface area contributed by atoms with Gasteiger partial charge in [-0.25, -0.2) is 0 Å². The third kappa shape index (κ3) is 2.23. The van der Waals surface area contributed by atoms with Gasteiger partial charge in [-0.15, -0.1) is 0 Å². The van der Waals surface area contributed by atoms with Gasteiger partial charge < -0.3 is 9.84 Å². The fourth-order valence-corrected chi connectivity index (χ4v) is 1.66. The van der Waals surface area contributed by atoms with Gasteiger partial charge in [0.15, 0.2) is 0 Å². The van der Waals surface area contributed by atoms with E-state index in [0.717, 1.165) is 16.7 Å². The molecule has 0 unspecified atom stereocenters. The molecule has 2 nitrogen and oxygen atoms in total. The van der Waals surface area contributed by atoms with Gasteiger partial charge >= 0.3 is 0 Å². The normalized spacial score (nSPS) is 11.1. The fraction of sp³-hybridized carbons (Fsp3) is 0.143. The molecule has 0 aromatic heterocycles. The highest BCUT2D eigenvalue weighted by Crippen LogP contribution is 2.22. The first-order valence-electron chi connectivity index (χ1n) is 5.18. The molecular weight excluding hydrogens is 200 g/mol. The van der Waals surface area contributed by atoms with E-state index in [9.17, 15) is 0 Å². The summed E-state index contributed by atoms with van der Waals surface area (Å²) >= 11 is 0. The molecule has 82 valence electrons. The zero-order valence-corrected chi connectivity index (χ0v) is 9.18. The van der Waals surface area contributed by atoms with Crippen LogP contribution < -0.4 is 4.74 Å². The summed E-state index contributed by atoms with van der Waals surface area (Å²) in [6.45, 7) is 0.0701. The molecule has 0 aliphatic rings. The summed E-state index contributed by atoms with van der Waals surface area (Å²) in [4.78, 5) is 0. The van der Waals surface area contributed by atoms with Crippen LogP contribution in [0.4, 0.5) is 0 Å². The van der Waals surface area contributed by atoms with Crippen molar-refractivity contribution >= 4 is 16.8 Å². The zero-order chi connectivity index (χ0) is 11.4. The summed E-state index contributed by atoms with van der Waals surface area (Å²) in [6, 6.07) is 12.1. The molecule has 0 saturated carbocycles. The Morgan fingerprint density at radius 3 is 2.62 bits per heavy atom. The molecule has 0 spiro atoms. The monoisotopic (exact) mass is 214 g/mol. The van der Waals surface area contributed by atoms with E-state index in [0.29, 0.717) is 0 Å². The number of benzene rings is 2. The highest BCUT2D eigenvalue weighted by molar-refractivity contribution is 5.86. The van der Waals surface area contributed by atoms with Crippen LogP contribution in [0.3, 0.4) is 0 Å². The van der Waals surface area contributed by atoms with Crippen LogP contribution in [0.2, 0.25) is 0 Å². The highest BCUT2D eigenvalue weighted by atomic mass is 16.5. The van der Waals surface area contributed by atoms with E-state index in [2.05, 4.69) is 12.1 Å². The molecule has 0 radical (unpaired) electrons. The molecular formula is C14H14O2. The molecule has 2 aromatic carbocycles. The Morgan fingerprint density at radius 2 is 1.88 bits per heavy atom. The van der Waals surface area contributed by atoms with Gasteiger partial charge in [0.2, 0.25) is 0 Å². The number of rotatable bonds is 3. The van der Waals surface area contributed by atoms with Crippen LogP contribution >= 0.6 is 0 Å². The lowest BCUT2D eigenvalue weighted by Gasteiger charge is -2.03. The Labute approximate surface area is 94.8 Å². The molecule has 0 heterocycles. The Kier molecular flexibility index (Phi) is 3.22. The molecule has 0 aliphatic carbocycles. The largest absolute Gasteiger partial charge is 0.497 e. The lowest BCUT2D eigenvalue weighted by molar-refractivity contribution is 0.343. The Bertz CT molecular complexity index is 515. The van der Waals surface area contributed by atoms with E-state index in [1.54, 1.807) is 13.2 Å². The number of hydrogen-bond donors (Lipinski definition) is 1. The number of aliphatic hydroxyl groups excluding tert-OH is 1. The first-order valence-corrected chi connectivity index (χ1v) is 5.18. The summed E-state index contributed by atoms with van der Waals surface area (Å²) in [5, 5.41) is 11.0. The molecule has 0 fully saturated rings. The number of aliphatic hydroxyl groups is 1. The number of hydrogen-bond acceptors (Lipinski definition) is 2. The van der Waals surface area contributed by atoms with Crippen LogP contribution in [-0.4, -0.2) is 18.8 Å². The number of methoxy groups -OCH3 is 1. The molecule has 0 saturated heterocycles. The van der Waals surface area contributed by atoms with Gasteiger partial charge in [0, 0.05) is 0 Å². The van der Waals surface area contributed by atoms with Gasteiger partial charge in [-0.1, -0.05) is 30.4 Å². The number of ether oxygens (including phenoxy) is 1. The van der Waals surface area contributed by atoms with E-state index in [4.69, 9.17) is 9.84 Å². The molecule has 2 heteroatoms. The summed E-state index contributed by atoms with van der Waals surface area (Å²) in [6.07, 6.45) is 3.63. The van der Waals surface area contributed by atoms with Gasteiger partial charge in [0.25, 0.3) is 0 Å². The van der Waals surface area contributed by atoms with Gasteiger partial charge in [-0.05, 0) is 34.5 Å². The van der Waals surface area contributed by atoms with Crippen molar-refractivity contribution in [3.8, 4) is 5.75 Å². The SMILES string of the molecule is COc1ccc2cc(/C=C/CO)ccc2c1. The second-order valence-corrected chi connectivity index (χ2v) is 3.56. The predicted octanol–water partition coefficient (Wildman–Crippen LogP) is 2.85. The van der Waals surface area contributed by atoms with Crippen LogP contribution in [0.5, 0.6) is 5.75 Å².